The van der Waals surface area contributed by atoms with Gasteiger partial charge in [0.25, 0.3) is 0 Å². The zero-order chi connectivity index (χ0) is 20.1. The van der Waals surface area contributed by atoms with Crippen molar-refractivity contribution in [2.75, 3.05) is 76.7 Å². The monoisotopic (exact) mass is 410 g/mol. The second-order valence-corrected chi connectivity index (χ2v) is 9.40. The molecule has 0 saturated carbocycles. The van der Waals surface area contributed by atoms with Crippen LogP contribution in [0.2, 0.25) is 0 Å². The van der Waals surface area contributed by atoms with E-state index in [1.54, 1.807) is 14.0 Å². The highest BCUT2D eigenvalue weighted by atomic mass is 32.2. The van der Waals surface area contributed by atoms with Gasteiger partial charge >= 0.3 is 0 Å². The van der Waals surface area contributed by atoms with Crippen molar-refractivity contribution < 1.29 is 17.9 Å². The molecule has 28 heavy (non-hydrogen) atoms. The molecule has 8 nitrogen and oxygen atoms in total. The van der Waals surface area contributed by atoms with Gasteiger partial charge in [-0.3, -0.25) is 9.69 Å². The number of hydrogen-bond donors (Lipinski definition) is 0. The lowest BCUT2D eigenvalue weighted by Crippen LogP contribution is -2.54. The summed E-state index contributed by atoms with van der Waals surface area (Å²) >= 11 is 0. The van der Waals surface area contributed by atoms with Gasteiger partial charge in [0.1, 0.15) is 5.75 Å². The Morgan fingerprint density at radius 2 is 1.57 bits per heavy atom. The third-order valence-electron chi connectivity index (χ3n) is 5.52. The Morgan fingerprint density at radius 3 is 2.11 bits per heavy atom. The number of amides is 1. The highest BCUT2D eigenvalue weighted by Crippen LogP contribution is 2.20. The van der Waals surface area contributed by atoms with Crippen molar-refractivity contribution in [3.8, 4) is 5.75 Å². The first-order valence-corrected chi connectivity index (χ1v) is 11.4. The van der Waals surface area contributed by atoms with Crippen LogP contribution in [-0.4, -0.2) is 100 Å². The number of ether oxygens (including phenoxy) is 1. The lowest BCUT2D eigenvalue weighted by Gasteiger charge is -2.38. The average Bonchev–Trinajstić information content (AvgIpc) is 2.74. The molecule has 9 heteroatoms. The van der Waals surface area contributed by atoms with Gasteiger partial charge in [0, 0.05) is 58.0 Å². The van der Waals surface area contributed by atoms with E-state index in [9.17, 15) is 13.2 Å². The molecular formula is C19H30N4O4S. The van der Waals surface area contributed by atoms with Gasteiger partial charge in [0.2, 0.25) is 15.9 Å². The van der Waals surface area contributed by atoms with Crippen LogP contribution >= 0.6 is 0 Å². The first-order chi connectivity index (χ1) is 13.4. The summed E-state index contributed by atoms with van der Waals surface area (Å²) in [6, 6.07) is 7.98. The second kappa shape index (κ2) is 9.11. The first-order valence-electron chi connectivity index (χ1n) is 9.80. The standard InChI is InChI=1S/C19H30N4O4S/c1-3-28(25,26)23-14-8-20(9-15-23)16-19(24)22-12-10-21(11-13-22)17-4-6-18(27-2)7-5-17/h4-7H,3,8-16H2,1-2H3. The Morgan fingerprint density at radius 1 is 0.964 bits per heavy atom. The third-order valence-corrected chi connectivity index (χ3v) is 7.40. The van der Waals surface area contributed by atoms with Gasteiger partial charge in [-0.2, -0.15) is 4.31 Å². The molecule has 0 spiro atoms. The molecule has 156 valence electrons. The van der Waals surface area contributed by atoms with Crippen molar-refractivity contribution in [3.05, 3.63) is 24.3 Å². The molecule has 0 bridgehead atoms. The van der Waals surface area contributed by atoms with Crippen molar-refractivity contribution in [3.63, 3.8) is 0 Å². The van der Waals surface area contributed by atoms with Gasteiger partial charge < -0.3 is 14.5 Å². The van der Waals surface area contributed by atoms with Crippen molar-refractivity contribution in [2.45, 2.75) is 6.92 Å². The average molecular weight is 411 g/mol. The molecule has 2 aliphatic heterocycles. The van der Waals surface area contributed by atoms with Gasteiger partial charge in [-0.1, -0.05) is 0 Å². The topological polar surface area (TPSA) is 73.4 Å². The Balaban J connectivity index is 1.44. The summed E-state index contributed by atoms with van der Waals surface area (Å²) in [5.74, 6) is 1.09. The predicted octanol–water partition coefficient (Wildman–Crippen LogP) is 0.311. The van der Waals surface area contributed by atoms with E-state index < -0.39 is 10.0 Å². The fourth-order valence-corrected chi connectivity index (χ4v) is 4.73. The van der Waals surface area contributed by atoms with E-state index in [0.29, 0.717) is 45.8 Å². The second-order valence-electron chi connectivity index (χ2n) is 7.14. The van der Waals surface area contributed by atoms with Crippen LogP contribution < -0.4 is 9.64 Å². The first kappa shape index (κ1) is 20.9. The fourth-order valence-electron chi connectivity index (χ4n) is 3.65. The van der Waals surface area contributed by atoms with Gasteiger partial charge in [-0.15, -0.1) is 0 Å². The van der Waals surface area contributed by atoms with Crippen LogP contribution in [0.4, 0.5) is 5.69 Å². The summed E-state index contributed by atoms with van der Waals surface area (Å²) < 4.78 is 30.6. The Kier molecular flexibility index (Phi) is 6.79. The minimum atomic E-state index is -3.13. The number of anilines is 1. The van der Waals surface area contributed by atoms with Gasteiger partial charge in [-0.25, -0.2) is 8.42 Å². The quantitative estimate of drug-likeness (QED) is 0.672. The molecule has 1 aromatic rings. The lowest BCUT2D eigenvalue weighted by atomic mass is 10.2. The third kappa shape index (κ3) is 4.95. The number of benzene rings is 1. The molecule has 2 aliphatic rings. The van der Waals surface area contributed by atoms with Crippen molar-refractivity contribution in [2.24, 2.45) is 0 Å². The Hall–Kier alpha value is -1.84. The zero-order valence-corrected chi connectivity index (χ0v) is 17.5. The maximum Gasteiger partial charge on any atom is 0.236 e. The number of carbonyl (C=O) groups is 1. The highest BCUT2D eigenvalue weighted by Gasteiger charge is 2.28. The van der Waals surface area contributed by atoms with Crippen LogP contribution in [0.15, 0.2) is 24.3 Å². The molecule has 0 radical (unpaired) electrons. The predicted molar refractivity (Wildman–Crippen MR) is 109 cm³/mol. The van der Waals surface area contributed by atoms with E-state index >= 15 is 0 Å². The summed E-state index contributed by atoms with van der Waals surface area (Å²) in [5.41, 5.74) is 1.14. The minimum Gasteiger partial charge on any atom is -0.497 e. The Bertz CT molecular complexity index is 753. The normalized spacial score (nSPS) is 19.6. The number of carbonyl (C=O) groups excluding carboxylic acids is 1. The van der Waals surface area contributed by atoms with Crippen LogP contribution in [-0.2, 0) is 14.8 Å². The number of hydrogen-bond acceptors (Lipinski definition) is 6. The van der Waals surface area contributed by atoms with E-state index in [2.05, 4.69) is 9.80 Å². The highest BCUT2D eigenvalue weighted by molar-refractivity contribution is 7.89. The molecule has 2 fully saturated rings. The SMILES string of the molecule is CCS(=O)(=O)N1CCN(CC(=O)N2CCN(c3ccc(OC)cc3)CC2)CC1. The maximum absolute atomic E-state index is 12.6. The summed E-state index contributed by atoms with van der Waals surface area (Å²) in [6.07, 6.45) is 0. The molecular weight excluding hydrogens is 380 g/mol. The maximum atomic E-state index is 12.6. The largest absolute Gasteiger partial charge is 0.497 e. The van der Waals surface area contributed by atoms with E-state index in [1.807, 2.05) is 29.2 Å². The molecule has 1 aromatic carbocycles. The molecule has 2 saturated heterocycles. The van der Waals surface area contributed by atoms with Crippen molar-refractivity contribution >= 4 is 21.6 Å². The summed E-state index contributed by atoms with van der Waals surface area (Å²) in [7, 11) is -1.48. The molecule has 0 aromatic heterocycles. The van der Waals surface area contributed by atoms with Crippen LogP contribution in [0, 0.1) is 0 Å². The molecule has 0 unspecified atom stereocenters. The van der Waals surface area contributed by atoms with E-state index in [-0.39, 0.29) is 11.7 Å². The lowest BCUT2D eigenvalue weighted by molar-refractivity contribution is -0.133. The fraction of sp³-hybridized carbons (Fsp3) is 0.632. The van der Waals surface area contributed by atoms with Crippen LogP contribution in [0.5, 0.6) is 5.75 Å². The number of methoxy groups -OCH3 is 1. The smallest absolute Gasteiger partial charge is 0.236 e. The molecule has 0 atom stereocenters. The molecule has 2 heterocycles. The zero-order valence-electron chi connectivity index (χ0n) is 16.7. The van der Waals surface area contributed by atoms with E-state index in [4.69, 9.17) is 4.74 Å². The summed E-state index contributed by atoms with van der Waals surface area (Å²) in [5, 5.41) is 0. The van der Waals surface area contributed by atoms with Gasteiger partial charge in [0.15, 0.2) is 0 Å². The molecule has 0 N–H and O–H groups in total. The molecule has 3 rings (SSSR count). The van der Waals surface area contributed by atoms with E-state index in [1.165, 1.54) is 4.31 Å². The summed E-state index contributed by atoms with van der Waals surface area (Å²) in [4.78, 5) is 18.9. The number of piperazine rings is 2. The van der Waals surface area contributed by atoms with Gasteiger partial charge in [-0.05, 0) is 31.2 Å². The van der Waals surface area contributed by atoms with Gasteiger partial charge in [0.05, 0.1) is 19.4 Å². The van der Waals surface area contributed by atoms with Crippen LogP contribution in [0.1, 0.15) is 6.92 Å². The van der Waals surface area contributed by atoms with Crippen LogP contribution in [0.3, 0.4) is 0 Å². The number of sulfonamides is 1. The van der Waals surface area contributed by atoms with Crippen molar-refractivity contribution in [1.82, 2.24) is 14.1 Å². The number of rotatable bonds is 6. The van der Waals surface area contributed by atoms with Crippen LogP contribution in [0.25, 0.3) is 0 Å². The molecule has 0 aliphatic carbocycles. The minimum absolute atomic E-state index is 0.126. The number of nitrogens with zero attached hydrogens (tertiary/aromatic N) is 4. The molecule has 1 amide bonds. The van der Waals surface area contributed by atoms with E-state index in [0.717, 1.165) is 24.5 Å². The Labute approximate surface area is 167 Å². The van der Waals surface area contributed by atoms with Crippen molar-refractivity contribution in [1.29, 1.82) is 0 Å². The summed E-state index contributed by atoms with van der Waals surface area (Å²) in [6.45, 7) is 7.20.